The van der Waals surface area contributed by atoms with Gasteiger partial charge in [0, 0.05) is 17.6 Å². The number of nitrogens with zero attached hydrogens (tertiary/aromatic N) is 1. The average molecular weight is 266 g/mol. The van der Waals surface area contributed by atoms with Crippen LogP contribution in [0.25, 0.3) is 0 Å². The number of nitrogens with one attached hydrogen (secondary N) is 1. The normalized spacial score (nSPS) is 34.1. The number of rotatable bonds is 2. The molecule has 104 valence electrons. The van der Waals surface area contributed by atoms with Crippen molar-refractivity contribution in [2.45, 2.75) is 49.8 Å². The quantitative estimate of drug-likeness (QED) is 0.856. The second-order valence-electron chi connectivity index (χ2n) is 5.64. The SMILES string of the molecule is COc1ncc(F)cc1C1(O)CC2CCCC(C1)N2. The number of methoxy groups -OCH3 is 1. The number of aliphatic hydroxyl groups is 1. The van der Waals surface area contributed by atoms with Crippen molar-refractivity contribution in [1.82, 2.24) is 10.3 Å². The van der Waals surface area contributed by atoms with Crippen molar-refractivity contribution >= 4 is 0 Å². The summed E-state index contributed by atoms with van der Waals surface area (Å²) >= 11 is 0. The Balaban J connectivity index is 1.97. The number of piperidine rings is 2. The predicted molar refractivity (Wildman–Crippen MR) is 68.4 cm³/mol. The van der Waals surface area contributed by atoms with Crippen LogP contribution in [0.1, 0.15) is 37.7 Å². The molecule has 2 aliphatic heterocycles. The van der Waals surface area contributed by atoms with Crippen LogP contribution in [0.2, 0.25) is 0 Å². The Morgan fingerprint density at radius 2 is 2.11 bits per heavy atom. The van der Waals surface area contributed by atoms with Gasteiger partial charge >= 0.3 is 0 Å². The van der Waals surface area contributed by atoms with Crippen LogP contribution >= 0.6 is 0 Å². The van der Waals surface area contributed by atoms with Crippen LogP contribution in [0.5, 0.6) is 5.88 Å². The van der Waals surface area contributed by atoms with E-state index in [2.05, 4.69) is 10.3 Å². The lowest BCUT2D eigenvalue weighted by molar-refractivity contribution is -0.0379. The van der Waals surface area contributed by atoms with Crippen molar-refractivity contribution in [2.24, 2.45) is 0 Å². The molecular formula is C14H19FN2O2. The van der Waals surface area contributed by atoms with Crippen LogP contribution in [-0.4, -0.2) is 29.3 Å². The van der Waals surface area contributed by atoms with Gasteiger partial charge in [-0.1, -0.05) is 6.42 Å². The topological polar surface area (TPSA) is 54.4 Å². The number of pyridine rings is 1. The maximum absolute atomic E-state index is 13.5. The molecule has 3 heterocycles. The van der Waals surface area contributed by atoms with E-state index in [0.717, 1.165) is 19.0 Å². The minimum atomic E-state index is -1.04. The lowest BCUT2D eigenvalue weighted by atomic mass is 9.74. The van der Waals surface area contributed by atoms with E-state index in [1.807, 2.05) is 0 Å². The molecule has 0 saturated carbocycles. The molecule has 0 radical (unpaired) electrons. The third-order valence-electron chi connectivity index (χ3n) is 4.26. The van der Waals surface area contributed by atoms with E-state index in [1.165, 1.54) is 19.6 Å². The maximum Gasteiger partial charge on any atom is 0.219 e. The molecule has 0 amide bonds. The smallest absolute Gasteiger partial charge is 0.219 e. The van der Waals surface area contributed by atoms with Crippen LogP contribution in [0.15, 0.2) is 12.3 Å². The average Bonchev–Trinajstić information content (AvgIpc) is 2.38. The molecule has 2 unspecified atom stereocenters. The molecule has 0 aliphatic carbocycles. The summed E-state index contributed by atoms with van der Waals surface area (Å²) in [6.07, 6.45) is 5.61. The van der Waals surface area contributed by atoms with E-state index < -0.39 is 11.4 Å². The van der Waals surface area contributed by atoms with Crippen molar-refractivity contribution in [2.75, 3.05) is 7.11 Å². The van der Waals surface area contributed by atoms with Gasteiger partial charge in [-0.05, 0) is 31.7 Å². The largest absolute Gasteiger partial charge is 0.481 e. The van der Waals surface area contributed by atoms with Crippen molar-refractivity contribution in [3.8, 4) is 5.88 Å². The van der Waals surface area contributed by atoms with Gasteiger partial charge in [-0.15, -0.1) is 0 Å². The molecule has 1 aromatic rings. The molecule has 2 bridgehead atoms. The molecular weight excluding hydrogens is 247 g/mol. The first-order valence-corrected chi connectivity index (χ1v) is 6.79. The van der Waals surface area contributed by atoms with Gasteiger partial charge in [-0.25, -0.2) is 9.37 Å². The summed E-state index contributed by atoms with van der Waals surface area (Å²) in [4.78, 5) is 3.93. The van der Waals surface area contributed by atoms with Crippen LogP contribution in [0, 0.1) is 5.82 Å². The minimum absolute atomic E-state index is 0.297. The Morgan fingerprint density at radius 1 is 1.42 bits per heavy atom. The minimum Gasteiger partial charge on any atom is -0.481 e. The Bertz CT molecular complexity index is 469. The molecule has 1 aromatic heterocycles. The van der Waals surface area contributed by atoms with Gasteiger partial charge in [0.05, 0.1) is 18.9 Å². The van der Waals surface area contributed by atoms with E-state index >= 15 is 0 Å². The second kappa shape index (κ2) is 4.72. The number of hydrogen-bond donors (Lipinski definition) is 2. The van der Waals surface area contributed by atoms with E-state index in [-0.39, 0.29) is 0 Å². The van der Waals surface area contributed by atoms with Crippen LogP contribution in [-0.2, 0) is 5.60 Å². The standard InChI is InChI=1S/C14H19FN2O2/c1-19-13-12(5-9(15)8-16-13)14(18)6-10-3-2-4-11(7-14)17-10/h5,8,10-11,17-18H,2-4,6-7H2,1H3. The predicted octanol–water partition coefficient (Wildman–Crippen LogP) is 1.72. The zero-order chi connectivity index (χ0) is 13.5. The Morgan fingerprint density at radius 3 is 2.74 bits per heavy atom. The molecule has 2 aliphatic rings. The summed E-state index contributed by atoms with van der Waals surface area (Å²) in [5, 5.41) is 14.5. The summed E-state index contributed by atoms with van der Waals surface area (Å²) in [5.41, 5.74) is -0.560. The molecule has 2 atom stereocenters. The summed E-state index contributed by atoms with van der Waals surface area (Å²) < 4.78 is 18.6. The fourth-order valence-electron chi connectivity index (χ4n) is 3.47. The van der Waals surface area contributed by atoms with Crippen molar-refractivity contribution in [3.63, 3.8) is 0 Å². The Kier molecular flexibility index (Phi) is 3.19. The van der Waals surface area contributed by atoms with Crippen molar-refractivity contribution in [3.05, 3.63) is 23.6 Å². The molecule has 5 heteroatoms. The summed E-state index contributed by atoms with van der Waals surface area (Å²) in [6.45, 7) is 0. The monoisotopic (exact) mass is 266 g/mol. The molecule has 3 rings (SSSR count). The van der Waals surface area contributed by atoms with Gasteiger partial charge in [-0.2, -0.15) is 0 Å². The number of hydrogen-bond acceptors (Lipinski definition) is 4. The second-order valence-corrected chi connectivity index (χ2v) is 5.64. The van der Waals surface area contributed by atoms with Crippen LogP contribution in [0.3, 0.4) is 0 Å². The third-order valence-corrected chi connectivity index (χ3v) is 4.26. The lowest BCUT2D eigenvalue weighted by Gasteiger charge is -2.45. The highest BCUT2D eigenvalue weighted by Crippen LogP contribution is 2.42. The molecule has 2 N–H and O–H groups in total. The van der Waals surface area contributed by atoms with Gasteiger partial charge in [0.25, 0.3) is 0 Å². The first-order chi connectivity index (χ1) is 9.10. The fourth-order valence-corrected chi connectivity index (χ4v) is 3.47. The van der Waals surface area contributed by atoms with Crippen LogP contribution < -0.4 is 10.1 Å². The lowest BCUT2D eigenvalue weighted by Crippen LogP contribution is -2.54. The highest BCUT2D eigenvalue weighted by molar-refractivity contribution is 5.33. The first-order valence-electron chi connectivity index (χ1n) is 6.79. The fraction of sp³-hybridized carbons (Fsp3) is 0.643. The molecule has 4 nitrogen and oxygen atoms in total. The number of aromatic nitrogens is 1. The molecule has 2 fully saturated rings. The summed E-state index contributed by atoms with van der Waals surface area (Å²) in [5.74, 6) is -0.114. The van der Waals surface area contributed by atoms with Gasteiger partial charge < -0.3 is 15.2 Å². The van der Waals surface area contributed by atoms with Gasteiger partial charge in [0.15, 0.2) is 0 Å². The summed E-state index contributed by atoms with van der Waals surface area (Å²) in [7, 11) is 1.50. The zero-order valence-electron chi connectivity index (χ0n) is 11.0. The number of ether oxygens (including phenoxy) is 1. The van der Waals surface area contributed by atoms with E-state index in [9.17, 15) is 9.50 Å². The van der Waals surface area contributed by atoms with Gasteiger partial charge in [0.2, 0.25) is 5.88 Å². The molecule has 0 spiro atoms. The highest BCUT2D eigenvalue weighted by Gasteiger charge is 2.43. The van der Waals surface area contributed by atoms with Gasteiger partial charge in [0.1, 0.15) is 5.82 Å². The van der Waals surface area contributed by atoms with Crippen LogP contribution in [0.4, 0.5) is 4.39 Å². The molecule has 2 saturated heterocycles. The molecule has 0 aromatic carbocycles. The summed E-state index contributed by atoms with van der Waals surface area (Å²) in [6, 6.07) is 1.95. The van der Waals surface area contributed by atoms with Gasteiger partial charge in [-0.3, -0.25) is 0 Å². The van der Waals surface area contributed by atoms with E-state index in [0.29, 0.717) is 36.4 Å². The zero-order valence-corrected chi connectivity index (χ0v) is 11.0. The van der Waals surface area contributed by atoms with Crippen molar-refractivity contribution < 1.29 is 14.2 Å². The van der Waals surface area contributed by atoms with E-state index in [1.54, 1.807) is 0 Å². The number of fused-ring (bicyclic) bond motifs is 2. The van der Waals surface area contributed by atoms with Crippen molar-refractivity contribution in [1.29, 1.82) is 0 Å². The highest BCUT2D eigenvalue weighted by atomic mass is 19.1. The molecule has 19 heavy (non-hydrogen) atoms. The third kappa shape index (κ3) is 2.32. The van der Waals surface area contributed by atoms with E-state index in [4.69, 9.17) is 4.74 Å². The first kappa shape index (κ1) is 12.8. The maximum atomic E-state index is 13.5. The number of halogens is 1. The Labute approximate surface area is 112 Å². The Hall–Kier alpha value is -1.20.